The minimum absolute atomic E-state index is 0.314. The van der Waals surface area contributed by atoms with Gasteiger partial charge in [-0.2, -0.15) is 0 Å². The first-order chi connectivity index (χ1) is 9.40. The molecule has 2 atom stereocenters. The van der Waals surface area contributed by atoms with E-state index in [1.54, 1.807) is 11.3 Å². The lowest BCUT2D eigenvalue weighted by atomic mass is 9.84. The molecule has 20 heavy (non-hydrogen) atoms. The largest absolute Gasteiger partial charge is 0.311 e. The second-order valence-electron chi connectivity index (χ2n) is 7.08. The highest BCUT2D eigenvalue weighted by molar-refractivity contribution is 7.09. The van der Waals surface area contributed by atoms with E-state index >= 15 is 0 Å². The van der Waals surface area contributed by atoms with Crippen LogP contribution >= 0.6 is 11.3 Å². The van der Waals surface area contributed by atoms with Gasteiger partial charge in [0.1, 0.15) is 5.01 Å². The van der Waals surface area contributed by atoms with E-state index in [-0.39, 0.29) is 0 Å². The summed E-state index contributed by atoms with van der Waals surface area (Å²) in [6, 6.07) is 1.22. The fourth-order valence-electron chi connectivity index (χ4n) is 2.90. The molecule has 0 amide bonds. The molecule has 1 aliphatic heterocycles. The summed E-state index contributed by atoms with van der Waals surface area (Å²) in [5.74, 6) is 0. The summed E-state index contributed by atoms with van der Waals surface area (Å²) in [6.07, 6.45) is 2.52. The molecule has 2 heterocycles. The maximum atomic E-state index is 4.64. The SMILES string of the molecule is CCCC1CNC(C(C)(C)C)CN1Cc1nc(C)cs1. The number of hydrogen-bond donors (Lipinski definition) is 1. The van der Waals surface area contributed by atoms with Gasteiger partial charge in [-0.25, -0.2) is 4.98 Å². The molecule has 0 radical (unpaired) electrons. The smallest absolute Gasteiger partial charge is 0.107 e. The lowest BCUT2D eigenvalue weighted by Gasteiger charge is -2.45. The molecule has 1 N–H and O–H groups in total. The van der Waals surface area contributed by atoms with Crippen molar-refractivity contribution in [3.63, 3.8) is 0 Å². The molecule has 3 nitrogen and oxygen atoms in total. The van der Waals surface area contributed by atoms with Crippen molar-refractivity contribution in [1.82, 2.24) is 15.2 Å². The van der Waals surface area contributed by atoms with Gasteiger partial charge < -0.3 is 5.32 Å². The minimum Gasteiger partial charge on any atom is -0.311 e. The zero-order valence-electron chi connectivity index (χ0n) is 13.6. The Morgan fingerprint density at radius 2 is 2.20 bits per heavy atom. The Labute approximate surface area is 127 Å². The lowest BCUT2D eigenvalue weighted by molar-refractivity contribution is 0.0747. The van der Waals surface area contributed by atoms with Gasteiger partial charge in [0.2, 0.25) is 0 Å². The summed E-state index contributed by atoms with van der Waals surface area (Å²) in [4.78, 5) is 7.29. The Bertz CT molecular complexity index is 422. The van der Waals surface area contributed by atoms with Crippen molar-refractivity contribution in [1.29, 1.82) is 0 Å². The number of hydrogen-bond acceptors (Lipinski definition) is 4. The molecule has 1 fully saturated rings. The van der Waals surface area contributed by atoms with Crippen molar-refractivity contribution in [2.75, 3.05) is 13.1 Å². The van der Waals surface area contributed by atoms with Crippen LogP contribution in [0.1, 0.15) is 51.2 Å². The van der Waals surface area contributed by atoms with Gasteiger partial charge in [0, 0.05) is 36.2 Å². The van der Waals surface area contributed by atoms with Crippen molar-refractivity contribution < 1.29 is 0 Å². The minimum atomic E-state index is 0.314. The molecule has 1 aromatic rings. The quantitative estimate of drug-likeness (QED) is 0.922. The molecule has 1 saturated heterocycles. The van der Waals surface area contributed by atoms with E-state index in [4.69, 9.17) is 0 Å². The van der Waals surface area contributed by atoms with Crippen molar-refractivity contribution in [3.05, 3.63) is 16.1 Å². The van der Waals surface area contributed by atoms with Gasteiger partial charge >= 0.3 is 0 Å². The zero-order chi connectivity index (χ0) is 14.8. The molecule has 4 heteroatoms. The molecule has 0 aromatic carbocycles. The molecule has 0 aliphatic carbocycles. The fourth-order valence-corrected chi connectivity index (χ4v) is 3.69. The van der Waals surface area contributed by atoms with Crippen LogP contribution in [-0.2, 0) is 6.54 Å². The van der Waals surface area contributed by atoms with E-state index in [0.717, 1.165) is 25.3 Å². The van der Waals surface area contributed by atoms with E-state index in [9.17, 15) is 0 Å². The number of piperazine rings is 1. The highest BCUT2D eigenvalue weighted by atomic mass is 32.1. The molecular weight excluding hydrogens is 266 g/mol. The normalized spacial score (nSPS) is 25.1. The summed E-state index contributed by atoms with van der Waals surface area (Å²) >= 11 is 1.80. The first-order valence-corrected chi connectivity index (χ1v) is 8.66. The summed E-state index contributed by atoms with van der Waals surface area (Å²) in [5, 5.41) is 7.18. The first-order valence-electron chi connectivity index (χ1n) is 7.78. The monoisotopic (exact) mass is 295 g/mol. The van der Waals surface area contributed by atoms with Gasteiger partial charge in [-0.3, -0.25) is 4.90 Å². The van der Waals surface area contributed by atoms with E-state index in [0.29, 0.717) is 17.5 Å². The average molecular weight is 295 g/mol. The second-order valence-corrected chi connectivity index (χ2v) is 8.02. The van der Waals surface area contributed by atoms with Gasteiger partial charge in [0.25, 0.3) is 0 Å². The maximum absolute atomic E-state index is 4.64. The summed E-state index contributed by atoms with van der Waals surface area (Å²) < 4.78 is 0. The lowest BCUT2D eigenvalue weighted by Crippen LogP contribution is -2.59. The predicted octanol–water partition coefficient (Wildman–Crippen LogP) is 3.44. The van der Waals surface area contributed by atoms with E-state index in [1.165, 1.54) is 17.8 Å². The molecule has 0 spiro atoms. The Balaban J connectivity index is 2.06. The van der Waals surface area contributed by atoms with Crippen LogP contribution < -0.4 is 5.32 Å². The predicted molar refractivity (Wildman–Crippen MR) is 87.2 cm³/mol. The van der Waals surface area contributed by atoms with Gasteiger partial charge in [-0.15, -0.1) is 11.3 Å². The van der Waals surface area contributed by atoms with E-state index in [2.05, 4.69) is 55.2 Å². The molecule has 114 valence electrons. The van der Waals surface area contributed by atoms with Crippen LogP contribution in [0.25, 0.3) is 0 Å². The third-order valence-corrected chi connectivity index (χ3v) is 5.16. The third kappa shape index (κ3) is 4.03. The van der Waals surface area contributed by atoms with Crippen molar-refractivity contribution >= 4 is 11.3 Å². The van der Waals surface area contributed by atoms with Crippen LogP contribution in [0.3, 0.4) is 0 Å². The first kappa shape index (κ1) is 15.9. The van der Waals surface area contributed by atoms with Crippen LogP contribution in [0.15, 0.2) is 5.38 Å². The zero-order valence-corrected chi connectivity index (χ0v) is 14.4. The molecule has 2 unspecified atom stereocenters. The second kappa shape index (κ2) is 6.54. The Hall–Kier alpha value is -0.450. The van der Waals surface area contributed by atoms with Crippen LogP contribution in [0.5, 0.6) is 0 Å². The van der Waals surface area contributed by atoms with Crippen LogP contribution in [0.2, 0.25) is 0 Å². The summed E-state index contributed by atoms with van der Waals surface area (Å²) in [6.45, 7) is 14.6. The fraction of sp³-hybridized carbons (Fsp3) is 0.812. The van der Waals surface area contributed by atoms with Crippen molar-refractivity contribution in [2.24, 2.45) is 5.41 Å². The van der Waals surface area contributed by atoms with Crippen LogP contribution in [-0.4, -0.2) is 35.1 Å². The number of rotatable bonds is 4. The number of thiazole rings is 1. The number of aromatic nitrogens is 1. The molecular formula is C16H29N3S. The molecule has 1 aliphatic rings. The number of nitrogens with one attached hydrogen (secondary N) is 1. The maximum Gasteiger partial charge on any atom is 0.107 e. The van der Waals surface area contributed by atoms with Crippen LogP contribution in [0, 0.1) is 12.3 Å². The van der Waals surface area contributed by atoms with Crippen LogP contribution in [0.4, 0.5) is 0 Å². The average Bonchev–Trinajstić information content (AvgIpc) is 2.76. The number of aryl methyl sites for hydroxylation is 1. The molecule has 2 rings (SSSR count). The summed E-state index contributed by atoms with van der Waals surface area (Å²) in [7, 11) is 0. The van der Waals surface area contributed by atoms with E-state index in [1.807, 2.05) is 0 Å². The molecule has 0 saturated carbocycles. The van der Waals surface area contributed by atoms with Gasteiger partial charge in [-0.05, 0) is 18.8 Å². The highest BCUT2D eigenvalue weighted by Crippen LogP contribution is 2.26. The van der Waals surface area contributed by atoms with Gasteiger partial charge in [0.05, 0.1) is 6.54 Å². The third-order valence-electron chi connectivity index (χ3n) is 4.21. The molecule has 1 aromatic heterocycles. The van der Waals surface area contributed by atoms with E-state index < -0.39 is 0 Å². The van der Waals surface area contributed by atoms with Gasteiger partial charge in [-0.1, -0.05) is 34.1 Å². The number of nitrogens with zero attached hydrogens (tertiary/aromatic N) is 2. The van der Waals surface area contributed by atoms with Crippen molar-refractivity contribution in [2.45, 2.75) is 66.1 Å². The molecule has 0 bridgehead atoms. The Kier molecular flexibility index (Phi) is 5.21. The van der Waals surface area contributed by atoms with Gasteiger partial charge in [0.15, 0.2) is 0 Å². The Morgan fingerprint density at radius 3 is 2.75 bits per heavy atom. The van der Waals surface area contributed by atoms with Crippen molar-refractivity contribution in [3.8, 4) is 0 Å². The summed E-state index contributed by atoms with van der Waals surface area (Å²) in [5.41, 5.74) is 1.47. The topological polar surface area (TPSA) is 28.2 Å². The highest BCUT2D eigenvalue weighted by Gasteiger charge is 2.33. The standard InChI is InChI=1S/C16H29N3S/c1-6-7-13-8-17-14(16(3,4)5)9-19(13)10-15-18-12(2)11-20-15/h11,13-14,17H,6-10H2,1-5H3. The Morgan fingerprint density at radius 1 is 1.45 bits per heavy atom.